The summed E-state index contributed by atoms with van der Waals surface area (Å²) < 4.78 is 0.799. The second-order valence-electron chi connectivity index (χ2n) is 5.18. The van der Waals surface area contributed by atoms with Crippen molar-refractivity contribution in [1.29, 1.82) is 0 Å². The third-order valence-corrected chi connectivity index (χ3v) is 4.14. The van der Waals surface area contributed by atoms with Crippen molar-refractivity contribution in [3.05, 3.63) is 28.2 Å². The number of hydrogen-bond acceptors (Lipinski definition) is 2. The molecule has 0 saturated heterocycles. The molecule has 1 aliphatic carbocycles. The number of phenols is 1. The summed E-state index contributed by atoms with van der Waals surface area (Å²) in [5.41, 5.74) is 0.344. The van der Waals surface area contributed by atoms with Crippen molar-refractivity contribution in [1.82, 2.24) is 5.32 Å². The standard InChI is InChI=1S/C15H20BrNO2/c16-11-8-9-14(18)13(10-11)15(19)17-12-6-4-2-1-3-5-7-12/h8-10,12,18H,1-7H2,(H,17,19). The lowest BCUT2D eigenvalue weighted by Crippen LogP contribution is -2.35. The summed E-state index contributed by atoms with van der Waals surface area (Å²) in [5, 5.41) is 12.8. The fourth-order valence-electron chi connectivity index (χ4n) is 2.55. The molecule has 3 nitrogen and oxygen atoms in total. The maximum atomic E-state index is 12.2. The van der Waals surface area contributed by atoms with E-state index in [0.717, 1.165) is 17.3 Å². The van der Waals surface area contributed by atoms with E-state index in [1.54, 1.807) is 12.1 Å². The minimum absolute atomic E-state index is 0.0338. The molecule has 2 N–H and O–H groups in total. The molecule has 0 bridgehead atoms. The van der Waals surface area contributed by atoms with Crippen LogP contribution in [0, 0.1) is 0 Å². The lowest BCUT2D eigenvalue weighted by atomic mass is 9.96. The Labute approximate surface area is 122 Å². The van der Waals surface area contributed by atoms with Crippen molar-refractivity contribution in [2.24, 2.45) is 0 Å². The van der Waals surface area contributed by atoms with Gasteiger partial charge in [-0.25, -0.2) is 0 Å². The van der Waals surface area contributed by atoms with Gasteiger partial charge in [-0.3, -0.25) is 4.79 Å². The molecule has 2 rings (SSSR count). The van der Waals surface area contributed by atoms with Crippen LogP contribution in [0.15, 0.2) is 22.7 Å². The van der Waals surface area contributed by atoms with Crippen molar-refractivity contribution in [3.63, 3.8) is 0 Å². The van der Waals surface area contributed by atoms with E-state index >= 15 is 0 Å². The Morgan fingerprint density at radius 1 is 1.16 bits per heavy atom. The summed E-state index contributed by atoms with van der Waals surface area (Å²) in [7, 11) is 0. The van der Waals surface area contributed by atoms with Crippen molar-refractivity contribution in [3.8, 4) is 5.75 Å². The predicted octanol–water partition coefficient (Wildman–Crippen LogP) is 4.00. The summed E-state index contributed by atoms with van der Waals surface area (Å²) in [6.07, 6.45) is 8.27. The zero-order valence-electron chi connectivity index (χ0n) is 11.0. The number of aromatic hydroxyl groups is 1. The van der Waals surface area contributed by atoms with Gasteiger partial charge < -0.3 is 10.4 Å². The zero-order chi connectivity index (χ0) is 13.7. The van der Waals surface area contributed by atoms with Gasteiger partial charge in [0.25, 0.3) is 5.91 Å². The molecule has 0 aliphatic heterocycles. The maximum Gasteiger partial charge on any atom is 0.255 e. The van der Waals surface area contributed by atoms with Gasteiger partial charge in [-0.05, 0) is 31.0 Å². The Morgan fingerprint density at radius 2 is 1.79 bits per heavy atom. The van der Waals surface area contributed by atoms with E-state index in [1.165, 1.54) is 38.2 Å². The van der Waals surface area contributed by atoms with Gasteiger partial charge in [0.05, 0.1) is 5.56 Å². The minimum Gasteiger partial charge on any atom is -0.507 e. The summed E-state index contributed by atoms with van der Waals surface area (Å²) in [4.78, 5) is 12.2. The average Bonchev–Trinajstić information content (AvgIpc) is 2.35. The van der Waals surface area contributed by atoms with Crippen molar-refractivity contribution in [2.75, 3.05) is 0 Å². The highest BCUT2D eigenvalue weighted by molar-refractivity contribution is 9.10. The molecule has 0 aromatic heterocycles. The van der Waals surface area contributed by atoms with E-state index in [-0.39, 0.29) is 17.7 Å². The van der Waals surface area contributed by atoms with Gasteiger partial charge in [0.15, 0.2) is 0 Å². The molecule has 4 heteroatoms. The molecule has 0 unspecified atom stereocenters. The number of benzene rings is 1. The highest BCUT2D eigenvalue weighted by Gasteiger charge is 2.17. The lowest BCUT2D eigenvalue weighted by molar-refractivity contribution is 0.0927. The number of hydrogen-bond donors (Lipinski definition) is 2. The Kier molecular flexibility index (Phi) is 5.25. The third kappa shape index (κ3) is 4.23. The van der Waals surface area contributed by atoms with Crippen LogP contribution in [-0.2, 0) is 0 Å². The SMILES string of the molecule is O=C(NC1CCCCCCC1)c1cc(Br)ccc1O. The maximum absolute atomic E-state index is 12.2. The summed E-state index contributed by atoms with van der Waals surface area (Å²) in [6.45, 7) is 0. The molecule has 1 aromatic carbocycles. The molecular weight excluding hydrogens is 306 g/mol. The number of carbonyl (C=O) groups excluding carboxylic acids is 1. The van der Waals surface area contributed by atoms with Gasteiger partial charge in [-0.1, -0.05) is 48.0 Å². The number of rotatable bonds is 2. The smallest absolute Gasteiger partial charge is 0.255 e. The quantitative estimate of drug-likeness (QED) is 0.863. The normalized spacial score (nSPS) is 17.5. The van der Waals surface area contributed by atoms with Gasteiger partial charge in [-0.2, -0.15) is 0 Å². The Hall–Kier alpha value is -1.03. The third-order valence-electron chi connectivity index (χ3n) is 3.64. The van der Waals surface area contributed by atoms with E-state index in [1.807, 2.05) is 0 Å². The van der Waals surface area contributed by atoms with Gasteiger partial charge >= 0.3 is 0 Å². The van der Waals surface area contributed by atoms with Crippen LogP contribution in [0.3, 0.4) is 0 Å². The molecule has 0 radical (unpaired) electrons. The number of phenolic OH excluding ortho intramolecular Hbond substituents is 1. The fourth-order valence-corrected chi connectivity index (χ4v) is 2.91. The van der Waals surface area contributed by atoms with Crippen LogP contribution in [0.5, 0.6) is 5.75 Å². The number of nitrogens with one attached hydrogen (secondary N) is 1. The lowest BCUT2D eigenvalue weighted by Gasteiger charge is -2.21. The Morgan fingerprint density at radius 3 is 2.47 bits per heavy atom. The molecule has 0 spiro atoms. The largest absolute Gasteiger partial charge is 0.507 e. The summed E-state index contributed by atoms with van der Waals surface area (Å²) in [5.74, 6) is -0.143. The van der Waals surface area contributed by atoms with E-state index in [2.05, 4.69) is 21.2 Å². The summed E-state index contributed by atoms with van der Waals surface area (Å²) in [6, 6.07) is 5.17. The van der Waals surface area contributed by atoms with E-state index in [4.69, 9.17) is 0 Å². The summed E-state index contributed by atoms with van der Waals surface area (Å²) >= 11 is 3.32. The molecule has 0 atom stereocenters. The number of carbonyl (C=O) groups is 1. The fraction of sp³-hybridized carbons (Fsp3) is 0.533. The monoisotopic (exact) mass is 325 g/mol. The highest BCUT2D eigenvalue weighted by Crippen LogP contribution is 2.23. The molecule has 1 aromatic rings. The second-order valence-corrected chi connectivity index (χ2v) is 6.09. The van der Waals surface area contributed by atoms with Gasteiger partial charge in [-0.15, -0.1) is 0 Å². The number of halogens is 1. The molecular formula is C15H20BrNO2. The van der Waals surface area contributed by atoms with E-state index < -0.39 is 0 Å². The topological polar surface area (TPSA) is 49.3 Å². The van der Waals surface area contributed by atoms with Crippen molar-refractivity contribution in [2.45, 2.75) is 51.0 Å². The molecule has 1 amide bonds. The number of amides is 1. The first-order chi connectivity index (χ1) is 9.16. The van der Waals surface area contributed by atoms with Crippen molar-refractivity contribution >= 4 is 21.8 Å². The first-order valence-corrected chi connectivity index (χ1v) is 7.75. The van der Waals surface area contributed by atoms with Crippen LogP contribution >= 0.6 is 15.9 Å². The predicted molar refractivity (Wildman–Crippen MR) is 79.4 cm³/mol. The first-order valence-electron chi connectivity index (χ1n) is 6.96. The molecule has 19 heavy (non-hydrogen) atoms. The molecule has 1 saturated carbocycles. The van der Waals surface area contributed by atoms with Crippen LogP contribution < -0.4 is 5.32 Å². The van der Waals surface area contributed by atoms with Crippen LogP contribution in [0.4, 0.5) is 0 Å². The molecule has 1 aliphatic rings. The van der Waals surface area contributed by atoms with Crippen molar-refractivity contribution < 1.29 is 9.90 Å². The average molecular weight is 326 g/mol. The van der Waals surface area contributed by atoms with Crippen LogP contribution in [-0.4, -0.2) is 17.1 Å². The minimum atomic E-state index is -0.177. The molecule has 0 heterocycles. The van der Waals surface area contributed by atoms with Gasteiger partial charge in [0.2, 0.25) is 0 Å². The van der Waals surface area contributed by atoms with Crippen LogP contribution in [0.25, 0.3) is 0 Å². The van der Waals surface area contributed by atoms with Crippen LogP contribution in [0.1, 0.15) is 55.3 Å². The zero-order valence-corrected chi connectivity index (χ0v) is 12.6. The highest BCUT2D eigenvalue weighted by atomic mass is 79.9. The Balaban J connectivity index is 2.00. The van der Waals surface area contributed by atoms with Gasteiger partial charge in [0, 0.05) is 10.5 Å². The van der Waals surface area contributed by atoms with Gasteiger partial charge in [0.1, 0.15) is 5.75 Å². The van der Waals surface area contributed by atoms with E-state index in [9.17, 15) is 9.90 Å². The first kappa shape index (κ1) is 14.4. The Bertz CT molecular complexity index is 440. The molecule has 104 valence electrons. The molecule has 1 fully saturated rings. The second kappa shape index (κ2) is 6.94. The van der Waals surface area contributed by atoms with Crippen LogP contribution in [0.2, 0.25) is 0 Å². The van der Waals surface area contributed by atoms with E-state index in [0.29, 0.717) is 5.56 Å².